The zero-order chi connectivity index (χ0) is 14.9. The van der Waals surface area contributed by atoms with E-state index in [1.807, 2.05) is 0 Å². The summed E-state index contributed by atoms with van der Waals surface area (Å²) >= 11 is 0. The van der Waals surface area contributed by atoms with Gasteiger partial charge in [0.1, 0.15) is 17.1 Å². The summed E-state index contributed by atoms with van der Waals surface area (Å²) in [6.45, 7) is 2.28. The van der Waals surface area contributed by atoms with Crippen molar-refractivity contribution in [3.63, 3.8) is 0 Å². The van der Waals surface area contributed by atoms with Crippen LogP contribution in [0.25, 0.3) is 0 Å². The summed E-state index contributed by atoms with van der Waals surface area (Å²) in [5.41, 5.74) is 4.17. The third-order valence-electron chi connectivity index (χ3n) is 3.84. The van der Waals surface area contributed by atoms with Gasteiger partial charge in [0.15, 0.2) is 0 Å². The van der Waals surface area contributed by atoms with Gasteiger partial charge in [-0.1, -0.05) is 0 Å². The second-order valence-electron chi connectivity index (χ2n) is 5.67. The molecular formula is C14H18N4O3. The van der Waals surface area contributed by atoms with Crippen LogP contribution in [-0.2, 0) is 9.53 Å². The van der Waals surface area contributed by atoms with Gasteiger partial charge in [-0.25, -0.2) is 9.97 Å². The Hall–Kier alpha value is -2.02. The molecule has 1 atom stereocenters. The highest BCUT2D eigenvalue weighted by Gasteiger charge is 2.38. The van der Waals surface area contributed by atoms with Gasteiger partial charge in [-0.05, 0) is 38.7 Å². The van der Waals surface area contributed by atoms with E-state index in [1.165, 1.54) is 6.07 Å². The van der Waals surface area contributed by atoms with Gasteiger partial charge in [-0.3, -0.25) is 20.4 Å². The Morgan fingerprint density at radius 1 is 1.38 bits per heavy atom. The van der Waals surface area contributed by atoms with Crippen molar-refractivity contribution in [2.45, 2.75) is 44.1 Å². The van der Waals surface area contributed by atoms with Crippen LogP contribution >= 0.6 is 0 Å². The van der Waals surface area contributed by atoms with Crippen molar-refractivity contribution in [3.8, 4) is 0 Å². The van der Waals surface area contributed by atoms with Crippen LogP contribution in [0.1, 0.15) is 54.8 Å². The van der Waals surface area contributed by atoms with Crippen LogP contribution in [0.5, 0.6) is 0 Å². The molecule has 2 amide bonds. The van der Waals surface area contributed by atoms with Crippen LogP contribution in [-0.4, -0.2) is 34.0 Å². The van der Waals surface area contributed by atoms with Gasteiger partial charge in [0.2, 0.25) is 0 Å². The van der Waals surface area contributed by atoms with Gasteiger partial charge >= 0.3 is 0 Å². The summed E-state index contributed by atoms with van der Waals surface area (Å²) in [4.78, 5) is 32.4. The lowest BCUT2D eigenvalue weighted by Gasteiger charge is -2.21. The van der Waals surface area contributed by atoms with Gasteiger partial charge in [0.25, 0.3) is 11.8 Å². The third kappa shape index (κ3) is 3.02. The topological polar surface area (TPSA) is 93.2 Å². The van der Waals surface area contributed by atoms with Gasteiger partial charge in [0, 0.05) is 18.7 Å². The lowest BCUT2D eigenvalue weighted by molar-refractivity contribution is -0.140. The molecule has 0 aromatic carbocycles. The Balaban J connectivity index is 1.58. The van der Waals surface area contributed by atoms with E-state index < -0.39 is 11.5 Å². The van der Waals surface area contributed by atoms with E-state index in [0.29, 0.717) is 24.8 Å². The van der Waals surface area contributed by atoms with Crippen molar-refractivity contribution in [1.29, 1.82) is 0 Å². The molecule has 1 aromatic heterocycles. The molecule has 1 unspecified atom stereocenters. The molecule has 7 heteroatoms. The number of rotatable bonds is 3. The lowest BCUT2D eigenvalue weighted by atomic mass is 10.0. The molecule has 2 fully saturated rings. The molecule has 2 aliphatic rings. The average Bonchev–Trinajstić information content (AvgIpc) is 3.26. The number of nitrogens with one attached hydrogen (secondary N) is 2. The lowest BCUT2D eigenvalue weighted by Crippen LogP contribution is -2.51. The summed E-state index contributed by atoms with van der Waals surface area (Å²) in [6, 6.07) is 1.53. The molecule has 1 saturated heterocycles. The Labute approximate surface area is 122 Å². The Morgan fingerprint density at radius 2 is 2.19 bits per heavy atom. The second-order valence-corrected chi connectivity index (χ2v) is 5.67. The molecule has 1 aliphatic carbocycles. The molecule has 1 aromatic rings. The average molecular weight is 290 g/mol. The molecule has 21 heavy (non-hydrogen) atoms. The maximum Gasteiger partial charge on any atom is 0.288 e. The highest BCUT2D eigenvalue weighted by atomic mass is 16.5. The summed E-state index contributed by atoms with van der Waals surface area (Å²) in [5, 5.41) is 0. The fourth-order valence-corrected chi connectivity index (χ4v) is 2.31. The van der Waals surface area contributed by atoms with Crippen molar-refractivity contribution in [2.75, 3.05) is 6.61 Å². The predicted molar refractivity (Wildman–Crippen MR) is 73.2 cm³/mol. The number of carbonyl (C=O) groups excluding carboxylic acids is 2. The normalized spacial score (nSPS) is 24.6. The van der Waals surface area contributed by atoms with Crippen LogP contribution in [0.15, 0.2) is 12.3 Å². The maximum atomic E-state index is 12.0. The van der Waals surface area contributed by atoms with E-state index >= 15 is 0 Å². The van der Waals surface area contributed by atoms with Crippen molar-refractivity contribution in [3.05, 3.63) is 23.8 Å². The zero-order valence-electron chi connectivity index (χ0n) is 11.9. The third-order valence-corrected chi connectivity index (χ3v) is 3.84. The number of nitrogens with zero attached hydrogens (tertiary/aromatic N) is 2. The molecule has 0 radical (unpaired) electrons. The molecule has 3 rings (SSSR count). The number of hydrogen-bond acceptors (Lipinski definition) is 5. The molecular weight excluding hydrogens is 272 g/mol. The maximum absolute atomic E-state index is 12.0. The molecule has 2 heterocycles. The van der Waals surface area contributed by atoms with Crippen molar-refractivity contribution >= 4 is 11.8 Å². The van der Waals surface area contributed by atoms with E-state index in [4.69, 9.17) is 4.74 Å². The number of hydrogen-bond donors (Lipinski definition) is 2. The fourth-order valence-electron chi connectivity index (χ4n) is 2.31. The van der Waals surface area contributed by atoms with Crippen LogP contribution < -0.4 is 10.9 Å². The van der Waals surface area contributed by atoms with Gasteiger partial charge in [-0.15, -0.1) is 0 Å². The molecule has 1 saturated carbocycles. The summed E-state index contributed by atoms with van der Waals surface area (Å²) in [6.07, 6.45) is 5.19. The predicted octanol–water partition coefficient (Wildman–Crippen LogP) is 0.684. The minimum absolute atomic E-state index is 0.254. The SMILES string of the molecule is CC1(C(=O)NNC(=O)c2ccnc(C3CC3)n2)CCCO1. The minimum atomic E-state index is -0.863. The first-order valence-corrected chi connectivity index (χ1v) is 7.16. The van der Waals surface area contributed by atoms with E-state index in [1.54, 1.807) is 13.1 Å². The summed E-state index contributed by atoms with van der Waals surface area (Å²) in [7, 11) is 0. The number of ether oxygens (including phenoxy) is 1. The highest BCUT2D eigenvalue weighted by molar-refractivity contribution is 5.94. The van der Waals surface area contributed by atoms with Crippen LogP contribution in [0, 0.1) is 0 Å². The van der Waals surface area contributed by atoms with E-state index in [2.05, 4.69) is 20.8 Å². The zero-order valence-corrected chi connectivity index (χ0v) is 11.9. The van der Waals surface area contributed by atoms with E-state index in [-0.39, 0.29) is 11.6 Å². The van der Waals surface area contributed by atoms with Crippen LogP contribution in [0.2, 0.25) is 0 Å². The molecule has 0 bridgehead atoms. The smallest absolute Gasteiger partial charge is 0.288 e. The molecule has 0 spiro atoms. The standard InChI is InChI=1S/C14H18N4O3/c1-14(6-2-8-21-14)13(20)18-17-12(19)10-5-7-15-11(16-10)9-3-4-9/h5,7,9H,2-4,6,8H2,1H3,(H,17,19)(H,18,20). The van der Waals surface area contributed by atoms with Crippen LogP contribution in [0.4, 0.5) is 0 Å². The minimum Gasteiger partial charge on any atom is -0.365 e. The molecule has 7 nitrogen and oxygen atoms in total. The first kappa shape index (κ1) is 13.9. The summed E-state index contributed by atoms with van der Waals surface area (Å²) < 4.78 is 5.41. The van der Waals surface area contributed by atoms with E-state index in [0.717, 1.165) is 19.3 Å². The summed E-state index contributed by atoms with van der Waals surface area (Å²) in [5.74, 6) is 0.275. The fraction of sp³-hybridized carbons (Fsp3) is 0.571. The van der Waals surface area contributed by atoms with Crippen molar-refractivity contribution in [1.82, 2.24) is 20.8 Å². The molecule has 2 N–H and O–H groups in total. The number of hydrazine groups is 1. The van der Waals surface area contributed by atoms with Crippen molar-refractivity contribution in [2.24, 2.45) is 0 Å². The molecule has 1 aliphatic heterocycles. The highest BCUT2D eigenvalue weighted by Crippen LogP contribution is 2.37. The number of amides is 2. The monoisotopic (exact) mass is 290 g/mol. The first-order valence-electron chi connectivity index (χ1n) is 7.16. The van der Waals surface area contributed by atoms with Gasteiger partial charge < -0.3 is 4.74 Å². The van der Waals surface area contributed by atoms with Gasteiger partial charge in [0.05, 0.1) is 0 Å². The molecule has 112 valence electrons. The van der Waals surface area contributed by atoms with Crippen molar-refractivity contribution < 1.29 is 14.3 Å². The Morgan fingerprint density at radius 3 is 2.86 bits per heavy atom. The first-order chi connectivity index (χ1) is 10.1. The van der Waals surface area contributed by atoms with E-state index in [9.17, 15) is 9.59 Å². The quantitative estimate of drug-likeness (QED) is 0.799. The van der Waals surface area contributed by atoms with Crippen LogP contribution in [0.3, 0.4) is 0 Å². The number of aromatic nitrogens is 2. The Kier molecular flexibility index (Phi) is 3.59. The largest absolute Gasteiger partial charge is 0.365 e. The number of carbonyl (C=O) groups is 2. The second kappa shape index (κ2) is 5.40. The Bertz CT molecular complexity index is 565. The van der Waals surface area contributed by atoms with Gasteiger partial charge in [-0.2, -0.15) is 0 Å².